The van der Waals surface area contributed by atoms with Gasteiger partial charge in [-0.1, -0.05) is 12.1 Å². The molecule has 0 spiro atoms. The SMILES string of the molecule is CC(C)Oc1cccc(CNCCc2cnn(C)c2)c1. The van der Waals surface area contributed by atoms with Gasteiger partial charge in [0.2, 0.25) is 0 Å². The molecule has 108 valence electrons. The van der Waals surface area contributed by atoms with E-state index in [2.05, 4.69) is 28.7 Å². The summed E-state index contributed by atoms with van der Waals surface area (Å²) in [6.07, 6.45) is 5.18. The maximum atomic E-state index is 5.69. The molecule has 0 aliphatic carbocycles. The summed E-state index contributed by atoms with van der Waals surface area (Å²) in [5.41, 5.74) is 2.51. The normalized spacial score (nSPS) is 11.0. The maximum Gasteiger partial charge on any atom is 0.120 e. The van der Waals surface area contributed by atoms with Crippen molar-refractivity contribution in [1.29, 1.82) is 0 Å². The van der Waals surface area contributed by atoms with E-state index in [0.29, 0.717) is 0 Å². The minimum Gasteiger partial charge on any atom is -0.491 e. The molecule has 0 fully saturated rings. The number of aryl methyl sites for hydroxylation is 1. The van der Waals surface area contributed by atoms with E-state index >= 15 is 0 Å². The Hall–Kier alpha value is -1.81. The summed E-state index contributed by atoms with van der Waals surface area (Å²) in [6, 6.07) is 8.25. The van der Waals surface area contributed by atoms with Crippen LogP contribution in [0.3, 0.4) is 0 Å². The first-order chi connectivity index (χ1) is 9.63. The van der Waals surface area contributed by atoms with E-state index in [9.17, 15) is 0 Å². The van der Waals surface area contributed by atoms with Gasteiger partial charge in [-0.2, -0.15) is 5.10 Å². The molecule has 0 aliphatic heterocycles. The van der Waals surface area contributed by atoms with Crippen LogP contribution < -0.4 is 10.1 Å². The topological polar surface area (TPSA) is 39.1 Å². The number of nitrogens with zero attached hydrogens (tertiary/aromatic N) is 2. The lowest BCUT2D eigenvalue weighted by Gasteiger charge is -2.11. The Bertz CT molecular complexity index is 534. The first kappa shape index (κ1) is 14.6. The molecular formula is C16H23N3O. The highest BCUT2D eigenvalue weighted by atomic mass is 16.5. The molecule has 4 heteroatoms. The second-order valence-electron chi connectivity index (χ2n) is 5.26. The fraction of sp³-hybridized carbons (Fsp3) is 0.438. The Morgan fingerprint density at radius 2 is 2.15 bits per heavy atom. The van der Waals surface area contributed by atoms with Crippen molar-refractivity contribution >= 4 is 0 Å². The molecule has 2 aromatic rings. The summed E-state index contributed by atoms with van der Waals surface area (Å²) in [5, 5.41) is 7.61. The van der Waals surface area contributed by atoms with Gasteiger partial charge < -0.3 is 10.1 Å². The second-order valence-corrected chi connectivity index (χ2v) is 5.26. The number of hydrogen-bond acceptors (Lipinski definition) is 3. The fourth-order valence-corrected chi connectivity index (χ4v) is 2.07. The molecule has 0 unspecified atom stereocenters. The molecular weight excluding hydrogens is 250 g/mol. The van der Waals surface area contributed by atoms with Crippen molar-refractivity contribution in [1.82, 2.24) is 15.1 Å². The molecule has 0 atom stereocenters. The Balaban J connectivity index is 1.76. The molecule has 1 aromatic heterocycles. The van der Waals surface area contributed by atoms with Gasteiger partial charge in [0.15, 0.2) is 0 Å². The van der Waals surface area contributed by atoms with Crippen LogP contribution in [0.2, 0.25) is 0 Å². The third-order valence-corrected chi connectivity index (χ3v) is 2.95. The first-order valence-electron chi connectivity index (χ1n) is 7.07. The van der Waals surface area contributed by atoms with E-state index < -0.39 is 0 Å². The molecule has 4 nitrogen and oxygen atoms in total. The predicted octanol–water partition coefficient (Wildman–Crippen LogP) is 2.54. The van der Waals surface area contributed by atoms with E-state index in [1.54, 1.807) is 0 Å². The molecule has 0 radical (unpaired) electrons. The van der Waals surface area contributed by atoms with Crippen molar-refractivity contribution in [2.24, 2.45) is 7.05 Å². The van der Waals surface area contributed by atoms with Gasteiger partial charge in [0.05, 0.1) is 12.3 Å². The van der Waals surface area contributed by atoms with Crippen molar-refractivity contribution in [3.63, 3.8) is 0 Å². The van der Waals surface area contributed by atoms with Gasteiger partial charge in [0, 0.05) is 19.8 Å². The second kappa shape index (κ2) is 7.10. The fourth-order valence-electron chi connectivity index (χ4n) is 2.07. The summed E-state index contributed by atoms with van der Waals surface area (Å²) < 4.78 is 7.53. The summed E-state index contributed by atoms with van der Waals surface area (Å²) in [6.45, 7) is 5.88. The van der Waals surface area contributed by atoms with Crippen molar-refractivity contribution < 1.29 is 4.74 Å². The average Bonchev–Trinajstić information content (AvgIpc) is 2.80. The van der Waals surface area contributed by atoms with Crippen LogP contribution in [0.1, 0.15) is 25.0 Å². The summed E-state index contributed by atoms with van der Waals surface area (Å²) >= 11 is 0. The van der Waals surface area contributed by atoms with Crippen molar-refractivity contribution in [3.8, 4) is 5.75 Å². The van der Waals surface area contributed by atoms with Crippen LogP contribution in [0.25, 0.3) is 0 Å². The van der Waals surface area contributed by atoms with Gasteiger partial charge in [0.1, 0.15) is 5.75 Å². The zero-order valence-corrected chi connectivity index (χ0v) is 12.5. The lowest BCUT2D eigenvalue weighted by Crippen LogP contribution is -2.16. The highest BCUT2D eigenvalue weighted by Crippen LogP contribution is 2.14. The molecule has 1 aromatic carbocycles. The zero-order chi connectivity index (χ0) is 14.4. The van der Waals surface area contributed by atoms with E-state index in [1.807, 2.05) is 43.9 Å². The van der Waals surface area contributed by atoms with Crippen molar-refractivity contribution in [3.05, 3.63) is 47.8 Å². The van der Waals surface area contributed by atoms with Crippen molar-refractivity contribution in [2.45, 2.75) is 32.9 Å². The lowest BCUT2D eigenvalue weighted by atomic mass is 10.2. The highest BCUT2D eigenvalue weighted by molar-refractivity contribution is 5.28. The minimum atomic E-state index is 0.212. The largest absolute Gasteiger partial charge is 0.491 e. The molecule has 1 N–H and O–H groups in total. The van der Waals surface area contributed by atoms with Crippen LogP contribution in [0.4, 0.5) is 0 Å². The Morgan fingerprint density at radius 3 is 2.85 bits per heavy atom. The molecule has 0 bridgehead atoms. The number of hydrogen-bond donors (Lipinski definition) is 1. The summed E-state index contributed by atoms with van der Waals surface area (Å²) in [5.74, 6) is 0.937. The minimum absolute atomic E-state index is 0.212. The van der Waals surface area contributed by atoms with Gasteiger partial charge in [-0.05, 0) is 50.1 Å². The predicted molar refractivity (Wildman–Crippen MR) is 80.8 cm³/mol. The Kier molecular flexibility index (Phi) is 5.18. The van der Waals surface area contributed by atoms with Gasteiger partial charge in [0.25, 0.3) is 0 Å². The van der Waals surface area contributed by atoms with Crippen LogP contribution in [0.5, 0.6) is 5.75 Å². The molecule has 0 amide bonds. The van der Waals surface area contributed by atoms with Crippen LogP contribution in [-0.4, -0.2) is 22.4 Å². The van der Waals surface area contributed by atoms with E-state index in [4.69, 9.17) is 4.74 Å². The molecule has 20 heavy (non-hydrogen) atoms. The number of aromatic nitrogens is 2. The van der Waals surface area contributed by atoms with Crippen LogP contribution in [0.15, 0.2) is 36.7 Å². The molecule has 0 aliphatic rings. The zero-order valence-electron chi connectivity index (χ0n) is 12.5. The summed E-state index contributed by atoms with van der Waals surface area (Å²) in [7, 11) is 1.94. The van der Waals surface area contributed by atoms with Gasteiger partial charge in [-0.3, -0.25) is 4.68 Å². The quantitative estimate of drug-likeness (QED) is 0.788. The standard InChI is InChI=1S/C16H23N3O/c1-13(2)20-16-6-4-5-14(9-16)10-17-8-7-15-11-18-19(3)12-15/h4-6,9,11-13,17H,7-8,10H2,1-3H3. The first-order valence-corrected chi connectivity index (χ1v) is 7.07. The third-order valence-electron chi connectivity index (χ3n) is 2.95. The van der Waals surface area contributed by atoms with E-state index in [-0.39, 0.29) is 6.10 Å². The Morgan fingerprint density at radius 1 is 1.30 bits per heavy atom. The summed E-state index contributed by atoms with van der Waals surface area (Å²) in [4.78, 5) is 0. The third kappa shape index (κ3) is 4.70. The Labute approximate surface area is 120 Å². The molecule has 0 saturated heterocycles. The highest BCUT2D eigenvalue weighted by Gasteiger charge is 2.00. The van der Waals surface area contributed by atoms with E-state index in [0.717, 1.165) is 25.3 Å². The monoisotopic (exact) mass is 273 g/mol. The molecule has 2 rings (SSSR count). The number of rotatable bonds is 7. The van der Waals surface area contributed by atoms with Crippen LogP contribution in [-0.2, 0) is 20.0 Å². The number of ether oxygens (including phenoxy) is 1. The van der Waals surface area contributed by atoms with Gasteiger partial charge in [-0.15, -0.1) is 0 Å². The number of benzene rings is 1. The smallest absolute Gasteiger partial charge is 0.120 e. The van der Waals surface area contributed by atoms with Crippen LogP contribution >= 0.6 is 0 Å². The number of nitrogens with one attached hydrogen (secondary N) is 1. The maximum absolute atomic E-state index is 5.69. The van der Waals surface area contributed by atoms with Crippen molar-refractivity contribution in [2.75, 3.05) is 6.54 Å². The average molecular weight is 273 g/mol. The lowest BCUT2D eigenvalue weighted by molar-refractivity contribution is 0.242. The van der Waals surface area contributed by atoms with Gasteiger partial charge in [-0.25, -0.2) is 0 Å². The molecule has 1 heterocycles. The molecule has 0 saturated carbocycles. The van der Waals surface area contributed by atoms with Crippen LogP contribution in [0, 0.1) is 0 Å². The van der Waals surface area contributed by atoms with Gasteiger partial charge >= 0.3 is 0 Å². The van der Waals surface area contributed by atoms with E-state index in [1.165, 1.54) is 11.1 Å².